The van der Waals surface area contributed by atoms with Crippen LogP contribution in [0.25, 0.3) is 0 Å². The quantitative estimate of drug-likeness (QED) is 0.822. The predicted octanol–water partition coefficient (Wildman–Crippen LogP) is 1.29. The van der Waals surface area contributed by atoms with Gasteiger partial charge in [-0.15, -0.1) is 0 Å². The highest BCUT2D eigenvalue weighted by molar-refractivity contribution is 5.97. The van der Waals surface area contributed by atoms with Crippen molar-refractivity contribution in [3.63, 3.8) is 0 Å². The lowest BCUT2D eigenvalue weighted by molar-refractivity contribution is -0.142. The van der Waals surface area contributed by atoms with Gasteiger partial charge < -0.3 is 10.0 Å². The van der Waals surface area contributed by atoms with Gasteiger partial charge in [-0.05, 0) is 18.4 Å². The Morgan fingerprint density at radius 3 is 2.79 bits per heavy atom. The lowest BCUT2D eigenvalue weighted by Gasteiger charge is -2.23. The van der Waals surface area contributed by atoms with Crippen LogP contribution in [0.15, 0.2) is 12.3 Å². The van der Waals surface area contributed by atoms with E-state index in [0.717, 1.165) is 17.2 Å². The summed E-state index contributed by atoms with van der Waals surface area (Å²) in [6.45, 7) is 1.91. The zero-order valence-corrected chi connectivity index (χ0v) is 10.1. The molecular weight excluding hydrogens is 258 g/mol. The van der Waals surface area contributed by atoms with E-state index in [1.807, 2.05) is 0 Å². The van der Waals surface area contributed by atoms with Crippen molar-refractivity contribution in [2.45, 2.75) is 19.4 Å². The van der Waals surface area contributed by atoms with E-state index in [-0.39, 0.29) is 12.5 Å². The molecule has 2 atom stereocenters. The number of aromatic nitrogens is 1. The largest absolute Gasteiger partial charge is 0.480 e. The van der Waals surface area contributed by atoms with Crippen LogP contribution in [0.5, 0.6) is 0 Å². The van der Waals surface area contributed by atoms with Gasteiger partial charge in [0.2, 0.25) is 5.95 Å². The molecule has 1 aliphatic rings. The molecule has 1 aromatic heterocycles. The number of likely N-dealkylation sites (tertiary alicyclic amines) is 1. The Bertz CT molecular complexity index is 536. The monoisotopic (exact) mass is 270 g/mol. The number of carbonyl (C=O) groups excluding carboxylic acids is 1. The Hall–Kier alpha value is -2.05. The molecule has 1 aromatic rings. The highest BCUT2D eigenvalue weighted by Gasteiger charge is 2.40. The van der Waals surface area contributed by atoms with Crippen LogP contribution < -0.4 is 0 Å². The maximum atomic E-state index is 13.5. The van der Waals surface area contributed by atoms with Gasteiger partial charge in [0, 0.05) is 12.7 Å². The lowest BCUT2D eigenvalue weighted by Crippen LogP contribution is -2.43. The van der Waals surface area contributed by atoms with Crippen molar-refractivity contribution in [1.29, 1.82) is 0 Å². The van der Waals surface area contributed by atoms with Gasteiger partial charge >= 0.3 is 5.97 Å². The molecule has 19 heavy (non-hydrogen) atoms. The molecule has 0 aliphatic carbocycles. The van der Waals surface area contributed by atoms with Crippen LogP contribution in [0.4, 0.5) is 8.78 Å². The van der Waals surface area contributed by atoms with E-state index in [1.54, 1.807) is 6.92 Å². The Labute approximate surface area is 107 Å². The van der Waals surface area contributed by atoms with Crippen molar-refractivity contribution in [1.82, 2.24) is 9.88 Å². The van der Waals surface area contributed by atoms with Crippen molar-refractivity contribution in [3.05, 3.63) is 29.6 Å². The van der Waals surface area contributed by atoms with E-state index in [0.29, 0.717) is 6.42 Å². The smallest absolute Gasteiger partial charge is 0.326 e. The van der Waals surface area contributed by atoms with Gasteiger partial charge in [-0.1, -0.05) is 6.92 Å². The standard InChI is InChI=1S/C12H12F2N2O3/c1-6-3-5-16(9(6)12(18)19)11(17)7-2-4-15-10(14)8(7)13/h2,4,6,9H,3,5H2,1H3,(H,18,19). The van der Waals surface area contributed by atoms with Crippen molar-refractivity contribution in [2.75, 3.05) is 6.54 Å². The third-order valence-electron chi connectivity index (χ3n) is 3.29. The zero-order valence-electron chi connectivity index (χ0n) is 10.1. The molecule has 1 N–H and O–H groups in total. The number of aliphatic carboxylic acids is 1. The summed E-state index contributed by atoms with van der Waals surface area (Å²) in [7, 11) is 0. The molecule has 0 spiro atoms. The van der Waals surface area contributed by atoms with Gasteiger partial charge in [0.25, 0.3) is 5.91 Å². The van der Waals surface area contributed by atoms with Crippen LogP contribution in [-0.2, 0) is 4.79 Å². The molecule has 2 unspecified atom stereocenters. The van der Waals surface area contributed by atoms with Crippen molar-refractivity contribution < 1.29 is 23.5 Å². The number of carboxylic acids is 1. The molecule has 2 heterocycles. The zero-order chi connectivity index (χ0) is 14.2. The Kier molecular flexibility index (Phi) is 3.46. The molecular formula is C12H12F2N2O3. The van der Waals surface area contributed by atoms with Gasteiger partial charge in [0.15, 0.2) is 5.82 Å². The number of amides is 1. The van der Waals surface area contributed by atoms with Crippen LogP contribution in [-0.4, -0.2) is 39.5 Å². The summed E-state index contributed by atoms with van der Waals surface area (Å²) in [6.07, 6.45) is 1.48. The molecule has 1 aliphatic heterocycles. The average molecular weight is 270 g/mol. The fraction of sp³-hybridized carbons (Fsp3) is 0.417. The average Bonchev–Trinajstić information content (AvgIpc) is 2.74. The maximum absolute atomic E-state index is 13.5. The number of hydrogen-bond acceptors (Lipinski definition) is 3. The van der Waals surface area contributed by atoms with Gasteiger partial charge in [-0.3, -0.25) is 4.79 Å². The summed E-state index contributed by atoms with van der Waals surface area (Å²) in [5.74, 6) is -4.92. The summed E-state index contributed by atoms with van der Waals surface area (Å²) in [5, 5.41) is 9.10. The second kappa shape index (κ2) is 4.91. The van der Waals surface area contributed by atoms with Crippen molar-refractivity contribution in [3.8, 4) is 0 Å². The predicted molar refractivity (Wildman–Crippen MR) is 60.4 cm³/mol. The second-order valence-electron chi connectivity index (χ2n) is 4.51. The molecule has 1 fully saturated rings. The fourth-order valence-electron chi connectivity index (χ4n) is 2.29. The fourth-order valence-corrected chi connectivity index (χ4v) is 2.29. The number of carbonyl (C=O) groups is 2. The first-order chi connectivity index (χ1) is 8.93. The van der Waals surface area contributed by atoms with Crippen LogP contribution in [0.1, 0.15) is 23.7 Å². The summed E-state index contributed by atoms with van der Waals surface area (Å²) in [6, 6.07) is 0.0333. The van der Waals surface area contributed by atoms with E-state index in [2.05, 4.69) is 4.98 Å². The van der Waals surface area contributed by atoms with Crippen LogP contribution >= 0.6 is 0 Å². The molecule has 1 amide bonds. The first-order valence-electron chi connectivity index (χ1n) is 5.77. The minimum absolute atomic E-state index is 0.209. The SMILES string of the molecule is CC1CCN(C(=O)c2ccnc(F)c2F)C1C(=O)O. The van der Waals surface area contributed by atoms with E-state index < -0.39 is 35.2 Å². The molecule has 5 nitrogen and oxygen atoms in total. The normalized spacial score (nSPS) is 22.6. The molecule has 0 bridgehead atoms. The topological polar surface area (TPSA) is 70.5 Å². The summed E-state index contributed by atoms with van der Waals surface area (Å²) in [5.41, 5.74) is -0.493. The van der Waals surface area contributed by atoms with Crippen LogP contribution in [0.3, 0.4) is 0 Å². The van der Waals surface area contributed by atoms with E-state index in [9.17, 15) is 18.4 Å². The first-order valence-corrected chi connectivity index (χ1v) is 5.77. The third kappa shape index (κ3) is 2.27. The molecule has 0 saturated carbocycles. The van der Waals surface area contributed by atoms with Crippen molar-refractivity contribution >= 4 is 11.9 Å². The minimum atomic E-state index is -1.37. The molecule has 102 valence electrons. The highest BCUT2D eigenvalue weighted by Crippen LogP contribution is 2.26. The van der Waals surface area contributed by atoms with E-state index in [1.165, 1.54) is 0 Å². The summed E-state index contributed by atoms with van der Waals surface area (Å²) < 4.78 is 26.5. The Morgan fingerprint density at radius 1 is 1.47 bits per heavy atom. The van der Waals surface area contributed by atoms with Crippen LogP contribution in [0, 0.1) is 17.7 Å². The molecule has 0 aromatic carbocycles. The number of carboxylic acid groups (broad SMARTS) is 1. The van der Waals surface area contributed by atoms with E-state index >= 15 is 0 Å². The van der Waals surface area contributed by atoms with Gasteiger partial charge in [-0.2, -0.15) is 4.39 Å². The minimum Gasteiger partial charge on any atom is -0.480 e. The molecule has 0 radical (unpaired) electrons. The van der Waals surface area contributed by atoms with Gasteiger partial charge in [-0.25, -0.2) is 14.2 Å². The molecule has 2 rings (SSSR count). The number of nitrogens with zero attached hydrogens (tertiary/aromatic N) is 2. The Morgan fingerprint density at radius 2 is 2.16 bits per heavy atom. The van der Waals surface area contributed by atoms with Crippen molar-refractivity contribution in [2.24, 2.45) is 5.92 Å². The Balaban J connectivity index is 2.34. The summed E-state index contributed by atoms with van der Waals surface area (Å²) in [4.78, 5) is 27.4. The number of pyridine rings is 1. The first kappa shape index (κ1) is 13.4. The molecule has 7 heteroatoms. The highest BCUT2D eigenvalue weighted by atomic mass is 19.2. The lowest BCUT2D eigenvalue weighted by atomic mass is 10.0. The maximum Gasteiger partial charge on any atom is 0.326 e. The summed E-state index contributed by atoms with van der Waals surface area (Å²) >= 11 is 0. The number of halogens is 2. The third-order valence-corrected chi connectivity index (χ3v) is 3.29. The van der Waals surface area contributed by atoms with E-state index in [4.69, 9.17) is 5.11 Å². The van der Waals surface area contributed by atoms with Crippen LogP contribution in [0.2, 0.25) is 0 Å². The second-order valence-corrected chi connectivity index (χ2v) is 4.51. The number of rotatable bonds is 2. The van der Waals surface area contributed by atoms with Gasteiger partial charge in [0.05, 0.1) is 5.56 Å². The number of hydrogen-bond donors (Lipinski definition) is 1. The molecule has 1 saturated heterocycles. The van der Waals surface area contributed by atoms with Gasteiger partial charge in [0.1, 0.15) is 6.04 Å².